The van der Waals surface area contributed by atoms with Crippen LogP contribution < -0.4 is 10.9 Å². The van der Waals surface area contributed by atoms with Gasteiger partial charge in [0.15, 0.2) is 0 Å². The monoisotopic (exact) mass is 349 g/mol. The minimum atomic E-state index is -0.306. The van der Waals surface area contributed by atoms with Gasteiger partial charge in [-0.25, -0.2) is 4.68 Å². The molecule has 2 N–H and O–H groups in total. The molecule has 0 radical (unpaired) electrons. The van der Waals surface area contributed by atoms with Gasteiger partial charge < -0.3 is 10.4 Å². The first-order valence-electron chi connectivity index (χ1n) is 8.30. The Labute approximate surface area is 147 Å². The van der Waals surface area contributed by atoms with Crippen LogP contribution in [0.4, 0.5) is 5.69 Å². The van der Waals surface area contributed by atoms with E-state index in [1.165, 1.54) is 4.68 Å². The molecule has 0 aliphatic carbocycles. The fraction of sp³-hybridized carbons (Fsp3) is 0.444. The van der Waals surface area contributed by atoms with Crippen LogP contribution in [-0.4, -0.2) is 28.0 Å². The third kappa shape index (κ3) is 5.08. The average molecular weight is 350 g/mol. The quantitative estimate of drug-likeness (QED) is 0.729. The van der Waals surface area contributed by atoms with Crippen molar-refractivity contribution < 1.29 is 5.11 Å². The second-order valence-electron chi connectivity index (χ2n) is 5.87. The topological polar surface area (TPSA) is 67.2 Å². The molecule has 1 heterocycles. The number of nitrogens with zero attached hydrogens (tertiary/aromatic N) is 2. The lowest BCUT2D eigenvalue weighted by molar-refractivity contribution is 0.255. The molecule has 0 saturated carbocycles. The molecule has 0 aliphatic rings. The maximum atomic E-state index is 12.4. The van der Waals surface area contributed by atoms with Crippen molar-refractivity contribution in [3.8, 4) is 0 Å². The van der Waals surface area contributed by atoms with Gasteiger partial charge in [-0.1, -0.05) is 55.3 Å². The third-order valence-corrected chi connectivity index (χ3v) is 4.34. The lowest BCUT2D eigenvalue weighted by Gasteiger charge is -2.17. The first kappa shape index (κ1) is 18.5. The molecule has 0 aliphatic heterocycles. The zero-order chi connectivity index (χ0) is 17.4. The van der Waals surface area contributed by atoms with Gasteiger partial charge in [0.05, 0.1) is 18.4 Å². The van der Waals surface area contributed by atoms with Crippen LogP contribution in [0.5, 0.6) is 0 Å². The predicted octanol–water partition coefficient (Wildman–Crippen LogP) is 3.16. The van der Waals surface area contributed by atoms with Crippen molar-refractivity contribution in [3.63, 3.8) is 0 Å². The lowest BCUT2D eigenvalue weighted by atomic mass is 10.0. The zero-order valence-electron chi connectivity index (χ0n) is 13.9. The number of hydrogen-bond donors (Lipinski definition) is 2. The van der Waals surface area contributed by atoms with E-state index in [-0.39, 0.29) is 17.2 Å². The summed E-state index contributed by atoms with van der Waals surface area (Å²) in [4.78, 5) is 12.4. The number of nitrogens with one attached hydrogen (secondary N) is 1. The van der Waals surface area contributed by atoms with Crippen LogP contribution in [0, 0.1) is 5.92 Å². The molecule has 2 rings (SSSR count). The van der Waals surface area contributed by atoms with Gasteiger partial charge in [-0.15, -0.1) is 0 Å². The molecule has 1 aromatic carbocycles. The van der Waals surface area contributed by atoms with E-state index in [1.807, 2.05) is 30.3 Å². The molecule has 1 aromatic heterocycles. The number of aliphatic hydroxyl groups is 1. The molecule has 130 valence electrons. The molecule has 6 heteroatoms. The maximum absolute atomic E-state index is 12.4. The molecule has 0 bridgehead atoms. The summed E-state index contributed by atoms with van der Waals surface area (Å²) in [5, 5.41) is 16.7. The third-order valence-electron chi connectivity index (χ3n) is 3.98. The van der Waals surface area contributed by atoms with Crippen molar-refractivity contribution in [2.45, 2.75) is 32.7 Å². The van der Waals surface area contributed by atoms with Crippen molar-refractivity contribution in [2.75, 3.05) is 18.5 Å². The summed E-state index contributed by atoms with van der Waals surface area (Å²) in [5.74, 6) is 0.350. The number of aromatic nitrogens is 2. The SMILES string of the molecule is CCCC(CCO)CNc1cnn(Cc2ccccc2)c(=O)c1Cl. The fourth-order valence-electron chi connectivity index (χ4n) is 2.65. The van der Waals surface area contributed by atoms with E-state index in [2.05, 4.69) is 17.3 Å². The van der Waals surface area contributed by atoms with E-state index in [0.29, 0.717) is 24.7 Å². The Morgan fingerprint density at radius 3 is 2.71 bits per heavy atom. The smallest absolute Gasteiger partial charge is 0.287 e. The fourth-order valence-corrected chi connectivity index (χ4v) is 2.86. The van der Waals surface area contributed by atoms with Crippen molar-refractivity contribution in [2.24, 2.45) is 5.92 Å². The molecule has 1 atom stereocenters. The second-order valence-corrected chi connectivity index (χ2v) is 6.25. The Morgan fingerprint density at radius 1 is 1.29 bits per heavy atom. The van der Waals surface area contributed by atoms with E-state index in [0.717, 1.165) is 24.8 Å². The Balaban J connectivity index is 2.08. The minimum absolute atomic E-state index is 0.153. The van der Waals surface area contributed by atoms with Crippen LogP contribution in [0.15, 0.2) is 41.3 Å². The first-order valence-corrected chi connectivity index (χ1v) is 8.67. The van der Waals surface area contributed by atoms with Crippen LogP contribution in [-0.2, 0) is 6.54 Å². The van der Waals surface area contributed by atoms with Crippen LogP contribution in [0.2, 0.25) is 5.02 Å². The zero-order valence-corrected chi connectivity index (χ0v) is 14.7. The van der Waals surface area contributed by atoms with E-state index in [1.54, 1.807) is 6.20 Å². The number of benzene rings is 1. The van der Waals surface area contributed by atoms with E-state index < -0.39 is 0 Å². The molecule has 0 amide bonds. The molecule has 0 fully saturated rings. The highest BCUT2D eigenvalue weighted by Crippen LogP contribution is 2.18. The van der Waals surface area contributed by atoms with Gasteiger partial charge in [-0.2, -0.15) is 5.10 Å². The Morgan fingerprint density at radius 2 is 2.04 bits per heavy atom. The highest BCUT2D eigenvalue weighted by molar-refractivity contribution is 6.32. The standard InChI is InChI=1S/C18H24ClN3O2/c1-2-6-14(9-10-23)11-20-16-12-21-22(18(24)17(16)19)13-15-7-4-3-5-8-15/h3-5,7-8,12,14,20,23H,2,6,9-11,13H2,1H3. The summed E-state index contributed by atoms with van der Waals surface area (Å²) in [5.41, 5.74) is 1.24. The van der Waals surface area contributed by atoms with Gasteiger partial charge in [0.25, 0.3) is 5.56 Å². The summed E-state index contributed by atoms with van der Waals surface area (Å²) in [7, 11) is 0. The van der Waals surface area contributed by atoms with Gasteiger partial charge in [0, 0.05) is 13.2 Å². The van der Waals surface area contributed by atoms with Crippen molar-refractivity contribution in [3.05, 3.63) is 57.5 Å². The molecule has 2 aromatic rings. The number of rotatable bonds is 9. The van der Waals surface area contributed by atoms with Gasteiger partial charge >= 0.3 is 0 Å². The van der Waals surface area contributed by atoms with Gasteiger partial charge in [-0.3, -0.25) is 4.79 Å². The molecular weight excluding hydrogens is 326 g/mol. The molecule has 1 unspecified atom stereocenters. The van der Waals surface area contributed by atoms with Crippen molar-refractivity contribution >= 4 is 17.3 Å². The van der Waals surface area contributed by atoms with E-state index in [9.17, 15) is 4.79 Å². The molecule has 24 heavy (non-hydrogen) atoms. The van der Waals surface area contributed by atoms with E-state index in [4.69, 9.17) is 16.7 Å². The van der Waals surface area contributed by atoms with Gasteiger partial charge in [-0.05, 0) is 24.3 Å². The molecule has 0 spiro atoms. The minimum Gasteiger partial charge on any atom is -0.396 e. The summed E-state index contributed by atoms with van der Waals surface area (Å²) >= 11 is 6.22. The van der Waals surface area contributed by atoms with E-state index >= 15 is 0 Å². The van der Waals surface area contributed by atoms with Crippen LogP contribution in [0.25, 0.3) is 0 Å². The Kier molecular flexibility index (Phi) is 7.28. The summed E-state index contributed by atoms with van der Waals surface area (Å²) in [6.07, 6.45) is 4.40. The number of anilines is 1. The number of aliphatic hydroxyl groups excluding tert-OH is 1. The lowest BCUT2D eigenvalue weighted by Crippen LogP contribution is -2.25. The van der Waals surface area contributed by atoms with Crippen LogP contribution >= 0.6 is 11.6 Å². The highest BCUT2D eigenvalue weighted by Gasteiger charge is 2.12. The molecular formula is C18H24ClN3O2. The summed E-state index contributed by atoms with van der Waals surface area (Å²) < 4.78 is 1.36. The largest absolute Gasteiger partial charge is 0.396 e. The van der Waals surface area contributed by atoms with Gasteiger partial charge in [0.1, 0.15) is 5.02 Å². The molecule has 5 nitrogen and oxygen atoms in total. The summed E-state index contributed by atoms with van der Waals surface area (Å²) in [6.45, 7) is 3.33. The molecule has 0 saturated heterocycles. The second kappa shape index (κ2) is 9.45. The van der Waals surface area contributed by atoms with Crippen LogP contribution in [0.3, 0.4) is 0 Å². The first-order chi connectivity index (χ1) is 11.7. The van der Waals surface area contributed by atoms with Crippen molar-refractivity contribution in [1.82, 2.24) is 9.78 Å². The number of hydrogen-bond acceptors (Lipinski definition) is 4. The summed E-state index contributed by atoms with van der Waals surface area (Å²) in [6, 6.07) is 9.66. The predicted molar refractivity (Wildman–Crippen MR) is 97.6 cm³/mol. The Hall–Kier alpha value is -1.85. The van der Waals surface area contributed by atoms with Crippen molar-refractivity contribution in [1.29, 1.82) is 0 Å². The highest BCUT2D eigenvalue weighted by atomic mass is 35.5. The Bertz CT molecular complexity index is 682. The maximum Gasteiger partial charge on any atom is 0.287 e. The van der Waals surface area contributed by atoms with Crippen LogP contribution in [0.1, 0.15) is 31.7 Å². The normalized spacial score (nSPS) is 12.1. The number of halogens is 1. The van der Waals surface area contributed by atoms with Gasteiger partial charge in [0.2, 0.25) is 0 Å². The average Bonchev–Trinajstić information content (AvgIpc) is 2.59.